The molecule has 1 atom stereocenters. The summed E-state index contributed by atoms with van der Waals surface area (Å²) in [6.45, 7) is 7.06. The van der Waals surface area contributed by atoms with Crippen LogP contribution in [0.25, 0.3) is 0 Å². The van der Waals surface area contributed by atoms with Crippen molar-refractivity contribution in [2.24, 2.45) is 0 Å². The first-order valence-electron chi connectivity index (χ1n) is 5.67. The Morgan fingerprint density at radius 1 is 1.41 bits per heavy atom. The molecule has 6 heteroatoms. The lowest BCUT2D eigenvalue weighted by atomic mass is 10.1. The average molecular weight is 263 g/mol. The van der Waals surface area contributed by atoms with Crippen LogP contribution in [0, 0.1) is 0 Å². The maximum Gasteiger partial charge on any atom is 0.266 e. The van der Waals surface area contributed by atoms with Crippen LogP contribution in [0.4, 0.5) is 0 Å². The van der Waals surface area contributed by atoms with Gasteiger partial charge in [0.25, 0.3) is 10.1 Å². The topological polar surface area (TPSA) is 83.5 Å². The third-order valence-corrected chi connectivity index (χ3v) is 3.11. The number of hydrogen-bond acceptors (Lipinski definition) is 3. The summed E-state index contributed by atoms with van der Waals surface area (Å²) in [6, 6.07) is -0.555. The summed E-state index contributed by atoms with van der Waals surface area (Å²) < 4.78 is 30.4. The molecule has 5 nitrogen and oxygen atoms in total. The van der Waals surface area contributed by atoms with Gasteiger partial charge in [0.15, 0.2) is 0 Å². The lowest BCUT2D eigenvalue weighted by molar-refractivity contribution is -0.118. The monoisotopic (exact) mass is 263 g/mol. The Balaban J connectivity index is 4.40. The number of carbonyl (C=O) groups is 1. The summed E-state index contributed by atoms with van der Waals surface area (Å²) in [5.41, 5.74) is 0.320. The zero-order chi connectivity index (χ0) is 13.5. The highest BCUT2D eigenvalue weighted by molar-refractivity contribution is 7.85. The van der Waals surface area contributed by atoms with Gasteiger partial charge < -0.3 is 5.32 Å². The van der Waals surface area contributed by atoms with Crippen LogP contribution >= 0.6 is 0 Å². The van der Waals surface area contributed by atoms with E-state index in [1.807, 2.05) is 6.92 Å². The predicted octanol–water partition coefficient (Wildman–Crippen LogP) is 1.52. The molecule has 0 aromatic rings. The second-order valence-corrected chi connectivity index (χ2v) is 5.69. The van der Waals surface area contributed by atoms with Crippen LogP contribution in [-0.2, 0) is 14.9 Å². The number of nitrogens with one attached hydrogen (secondary N) is 1. The highest BCUT2D eigenvalue weighted by atomic mass is 32.2. The highest BCUT2D eigenvalue weighted by Gasteiger charge is 2.18. The summed E-state index contributed by atoms with van der Waals surface area (Å²) in [5, 5.41) is 2.55. The van der Waals surface area contributed by atoms with Gasteiger partial charge in [-0.05, 0) is 13.3 Å². The summed E-state index contributed by atoms with van der Waals surface area (Å²) in [6.07, 6.45) is 3.32. The van der Waals surface area contributed by atoms with E-state index >= 15 is 0 Å². The van der Waals surface area contributed by atoms with Gasteiger partial charge in [-0.2, -0.15) is 8.42 Å². The van der Waals surface area contributed by atoms with Crippen molar-refractivity contribution in [3.63, 3.8) is 0 Å². The first kappa shape index (κ1) is 16.1. The SMILES string of the molecule is C=C(C)C(=O)N[C@@H](CCCCC)CS(=O)(=O)O. The van der Waals surface area contributed by atoms with Gasteiger partial charge in [-0.3, -0.25) is 9.35 Å². The van der Waals surface area contributed by atoms with E-state index in [0.717, 1.165) is 19.3 Å². The molecule has 17 heavy (non-hydrogen) atoms. The lowest BCUT2D eigenvalue weighted by Crippen LogP contribution is -2.40. The standard InChI is InChI=1S/C11H21NO4S/c1-4-5-6-7-10(8-17(14,15)16)12-11(13)9(2)3/h10H,2,4-8H2,1,3H3,(H,12,13)(H,14,15,16)/t10-/m0/s1. The second kappa shape index (κ2) is 7.45. The zero-order valence-electron chi connectivity index (χ0n) is 10.4. The average Bonchev–Trinajstić information content (AvgIpc) is 2.15. The molecule has 100 valence electrons. The summed E-state index contributed by atoms with van der Waals surface area (Å²) in [7, 11) is -4.08. The number of carbonyl (C=O) groups excluding carboxylic acids is 1. The molecule has 0 aromatic heterocycles. The van der Waals surface area contributed by atoms with Crippen LogP contribution in [0.1, 0.15) is 39.5 Å². The van der Waals surface area contributed by atoms with Gasteiger partial charge in [-0.15, -0.1) is 0 Å². The van der Waals surface area contributed by atoms with Crippen molar-refractivity contribution >= 4 is 16.0 Å². The van der Waals surface area contributed by atoms with Crippen molar-refractivity contribution in [1.82, 2.24) is 5.32 Å². The van der Waals surface area contributed by atoms with Crippen molar-refractivity contribution in [1.29, 1.82) is 0 Å². The molecule has 2 N–H and O–H groups in total. The molecule has 0 unspecified atom stereocenters. The van der Waals surface area contributed by atoms with Crippen LogP contribution in [0.15, 0.2) is 12.2 Å². The fraction of sp³-hybridized carbons (Fsp3) is 0.727. The van der Waals surface area contributed by atoms with Gasteiger partial charge in [0.05, 0.1) is 5.75 Å². The minimum absolute atomic E-state index is 0.320. The van der Waals surface area contributed by atoms with Gasteiger partial charge in [0, 0.05) is 11.6 Å². The summed E-state index contributed by atoms with van der Waals surface area (Å²) in [5.74, 6) is -0.828. The summed E-state index contributed by atoms with van der Waals surface area (Å²) >= 11 is 0. The Morgan fingerprint density at radius 3 is 2.41 bits per heavy atom. The van der Waals surface area contributed by atoms with Crippen LogP contribution in [-0.4, -0.2) is 30.7 Å². The van der Waals surface area contributed by atoms with E-state index in [4.69, 9.17) is 4.55 Å². The van der Waals surface area contributed by atoms with E-state index in [2.05, 4.69) is 11.9 Å². The van der Waals surface area contributed by atoms with Crippen molar-refractivity contribution < 1.29 is 17.8 Å². The van der Waals surface area contributed by atoms with E-state index in [0.29, 0.717) is 12.0 Å². The maximum absolute atomic E-state index is 11.4. The van der Waals surface area contributed by atoms with E-state index < -0.39 is 21.9 Å². The molecule has 0 radical (unpaired) electrons. The zero-order valence-corrected chi connectivity index (χ0v) is 11.2. The molecule has 0 rings (SSSR count). The molecule has 0 aromatic carbocycles. The number of hydrogen-bond donors (Lipinski definition) is 2. The molecule has 0 fully saturated rings. The number of unbranched alkanes of at least 4 members (excludes halogenated alkanes) is 2. The van der Waals surface area contributed by atoms with Crippen LogP contribution < -0.4 is 5.32 Å². The minimum Gasteiger partial charge on any atom is -0.348 e. The first-order valence-corrected chi connectivity index (χ1v) is 7.28. The second-order valence-electron chi connectivity index (χ2n) is 4.20. The van der Waals surface area contributed by atoms with E-state index in [1.165, 1.54) is 0 Å². The van der Waals surface area contributed by atoms with Gasteiger partial charge in [-0.25, -0.2) is 0 Å². The number of amides is 1. The highest BCUT2D eigenvalue weighted by Crippen LogP contribution is 2.06. The molecular formula is C11H21NO4S. The van der Waals surface area contributed by atoms with Gasteiger partial charge in [0.2, 0.25) is 5.91 Å². The van der Waals surface area contributed by atoms with Crippen LogP contribution in [0.3, 0.4) is 0 Å². The fourth-order valence-electron chi connectivity index (χ4n) is 1.40. The Bertz CT molecular complexity index is 362. The van der Waals surface area contributed by atoms with E-state index in [1.54, 1.807) is 6.92 Å². The molecule has 0 heterocycles. The molecule has 0 saturated carbocycles. The van der Waals surface area contributed by atoms with Gasteiger partial charge in [-0.1, -0.05) is 32.8 Å². The molecule has 0 aliphatic heterocycles. The Kier molecular flexibility index (Phi) is 7.06. The normalized spacial score (nSPS) is 13.1. The molecule has 1 amide bonds. The van der Waals surface area contributed by atoms with Crippen molar-refractivity contribution in [2.45, 2.75) is 45.6 Å². The van der Waals surface area contributed by atoms with Crippen LogP contribution in [0.5, 0.6) is 0 Å². The molecule has 0 bridgehead atoms. The first-order chi connectivity index (χ1) is 7.76. The maximum atomic E-state index is 11.4. The largest absolute Gasteiger partial charge is 0.348 e. The minimum atomic E-state index is -4.08. The van der Waals surface area contributed by atoms with Crippen LogP contribution in [0.2, 0.25) is 0 Å². The Hall–Kier alpha value is -0.880. The third kappa shape index (κ3) is 8.88. The van der Waals surface area contributed by atoms with E-state index in [-0.39, 0.29) is 5.91 Å². The Labute approximate surface area is 103 Å². The van der Waals surface area contributed by atoms with Gasteiger partial charge >= 0.3 is 0 Å². The molecule has 0 saturated heterocycles. The molecule has 0 aliphatic carbocycles. The predicted molar refractivity (Wildman–Crippen MR) is 67.3 cm³/mol. The third-order valence-electron chi connectivity index (χ3n) is 2.29. The smallest absolute Gasteiger partial charge is 0.266 e. The number of rotatable bonds is 8. The van der Waals surface area contributed by atoms with Gasteiger partial charge in [0.1, 0.15) is 0 Å². The van der Waals surface area contributed by atoms with Crippen molar-refractivity contribution in [3.05, 3.63) is 12.2 Å². The van der Waals surface area contributed by atoms with E-state index in [9.17, 15) is 13.2 Å². The Morgan fingerprint density at radius 2 is 2.00 bits per heavy atom. The summed E-state index contributed by atoms with van der Waals surface area (Å²) in [4.78, 5) is 11.4. The molecule has 0 spiro atoms. The van der Waals surface area contributed by atoms with Crippen molar-refractivity contribution in [2.75, 3.05) is 5.75 Å². The molecule has 0 aliphatic rings. The lowest BCUT2D eigenvalue weighted by Gasteiger charge is -2.17. The fourth-order valence-corrected chi connectivity index (χ4v) is 2.16. The van der Waals surface area contributed by atoms with Crippen molar-refractivity contribution in [3.8, 4) is 0 Å². The molecular weight excluding hydrogens is 242 g/mol. The quantitative estimate of drug-likeness (QED) is 0.395.